The number of hydrogen-bond donors (Lipinski definition) is 0. The fraction of sp³-hybridized carbons (Fsp3) is 0.118. The first kappa shape index (κ1) is 12.4. The van der Waals surface area contributed by atoms with Gasteiger partial charge in [-0.05, 0) is 52.0 Å². The molecule has 0 N–H and O–H groups in total. The number of rotatable bonds is 2. The Labute approximate surface area is 121 Å². The standard InChI is InChI=1S/C17H14BrN/c18-16-10-11-17(19-12-16)15-8-6-14(7-9-15)13-4-2-1-3-5-13/h1-2,4,6-12H,3,5H2. The molecule has 0 saturated carbocycles. The first-order valence-corrected chi connectivity index (χ1v) is 7.20. The second-order valence-corrected chi connectivity index (χ2v) is 5.51. The van der Waals surface area contributed by atoms with Crippen LogP contribution in [-0.4, -0.2) is 4.98 Å². The van der Waals surface area contributed by atoms with E-state index < -0.39 is 0 Å². The summed E-state index contributed by atoms with van der Waals surface area (Å²) in [7, 11) is 0. The van der Waals surface area contributed by atoms with Gasteiger partial charge in [-0.15, -0.1) is 0 Å². The fourth-order valence-electron chi connectivity index (χ4n) is 2.24. The zero-order valence-electron chi connectivity index (χ0n) is 10.5. The molecule has 0 spiro atoms. The van der Waals surface area contributed by atoms with E-state index in [-0.39, 0.29) is 0 Å². The molecule has 1 aliphatic carbocycles. The van der Waals surface area contributed by atoms with Crippen molar-refractivity contribution in [3.05, 3.63) is 70.9 Å². The number of benzene rings is 1. The van der Waals surface area contributed by atoms with E-state index in [1.54, 1.807) is 0 Å². The van der Waals surface area contributed by atoms with Crippen LogP contribution in [-0.2, 0) is 0 Å². The summed E-state index contributed by atoms with van der Waals surface area (Å²) < 4.78 is 1.01. The largest absolute Gasteiger partial charge is 0.255 e. The van der Waals surface area contributed by atoms with Crippen LogP contribution < -0.4 is 0 Å². The van der Waals surface area contributed by atoms with E-state index >= 15 is 0 Å². The highest BCUT2D eigenvalue weighted by Crippen LogP contribution is 2.26. The molecule has 0 fully saturated rings. The number of allylic oxidation sites excluding steroid dienone is 4. The number of hydrogen-bond acceptors (Lipinski definition) is 1. The highest BCUT2D eigenvalue weighted by Gasteiger charge is 2.04. The van der Waals surface area contributed by atoms with Crippen molar-refractivity contribution in [3.63, 3.8) is 0 Å². The van der Waals surface area contributed by atoms with Crippen LogP contribution in [0.15, 0.2) is 65.3 Å². The van der Waals surface area contributed by atoms with Crippen molar-refractivity contribution < 1.29 is 0 Å². The van der Waals surface area contributed by atoms with Gasteiger partial charge in [0.15, 0.2) is 0 Å². The Morgan fingerprint density at radius 3 is 2.37 bits per heavy atom. The summed E-state index contributed by atoms with van der Waals surface area (Å²) in [5.41, 5.74) is 4.89. The second-order valence-electron chi connectivity index (χ2n) is 4.60. The van der Waals surface area contributed by atoms with E-state index in [1.165, 1.54) is 11.1 Å². The van der Waals surface area contributed by atoms with E-state index in [0.29, 0.717) is 0 Å². The third kappa shape index (κ3) is 2.85. The summed E-state index contributed by atoms with van der Waals surface area (Å²) in [5.74, 6) is 0. The van der Waals surface area contributed by atoms with Gasteiger partial charge in [0.2, 0.25) is 0 Å². The molecule has 0 unspecified atom stereocenters. The lowest BCUT2D eigenvalue weighted by Gasteiger charge is -2.10. The molecule has 3 rings (SSSR count). The molecule has 94 valence electrons. The van der Waals surface area contributed by atoms with E-state index in [9.17, 15) is 0 Å². The summed E-state index contributed by atoms with van der Waals surface area (Å²) in [4.78, 5) is 4.42. The van der Waals surface area contributed by atoms with Gasteiger partial charge in [-0.25, -0.2) is 0 Å². The zero-order valence-corrected chi connectivity index (χ0v) is 12.1. The van der Waals surface area contributed by atoms with Gasteiger partial charge in [0.1, 0.15) is 0 Å². The molecule has 0 radical (unpaired) electrons. The Bertz CT molecular complexity index is 621. The molecule has 1 heterocycles. The van der Waals surface area contributed by atoms with Crippen LogP contribution in [0, 0.1) is 0 Å². The number of nitrogens with zero attached hydrogens (tertiary/aromatic N) is 1. The maximum atomic E-state index is 4.42. The van der Waals surface area contributed by atoms with Crippen molar-refractivity contribution in [1.82, 2.24) is 4.98 Å². The maximum absolute atomic E-state index is 4.42. The van der Waals surface area contributed by atoms with E-state index in [1.807, 2.05) is 18.3 Å². The minimum Gasteiger partial charge on any atom is -0.255 e. The van der Waals surface area contributed by atoms with Crippen LogP contribution in [0.4, 0.5) is 0 Å². The Morgan fingerprint density at radius 2 is 1.74 bits per heavy atom. The number of halogens is 1. The van der Waals surface area contributed by atoms with Crippen molar-refractivity contribution in [2.45, 2.75) is 12.8 Å². The first-order valence-electron chi connectivity index (χ1n) is 6.41. The zero-order chi connectivity index (χ0) is 13.1. The fourth-order valence-corrected chi connectivity index (χ4v) is 2.48. The van der Waals surface area contributed by atoms with E-state index in [0.717, 1.165) is 28.6 Å². The molecule has 0 amide bonds. The van der Waals surface area contributed by atoms with Gasteiger partial charge in [0.05, 0.1) is 5.69 Å². The van der Waals surface area contributed by atoms with Crippen LogP contribution in [0.2, 0.25) is 0 Å². The Balaban J connectivity index is 1.88. The predicted molar refractivity (Wildman–Crippen MR) is 83.7 cm³/mol. The SMILES string of the molecule is Brc1ccc(-c2ccc(C3=CC=CCC3)cc2)nc1. The van der Waals surface area contributed by atoms with Crippen LogP contribution >= 0.6 is 15.9 Å². The molecular weight excluding hydrogens is 298 g/mol. The smallest absolute Gasteiger partial charge is 0.0702 e. The minimum absolute atomic E-state index is 1.01. The number of pyridine rings is 1. The summed E-state index contributed by atoms with van der Waals surface area (Å²) in [6.07, 6.45) is 10.7. The van der Waals surface area contributed by atoms with Crippen molar-refractivity contribution in [1.29, 1.82) is 0 Å². The molecule has 0 atom stereocenters. The molecular formula is C17H14BrN. The van der Waals surface area contributed by atoms with Gasteiger partial charge in [-0.2, -0.15) is 0 Å². The van der Waals surface area contributed by atoms with E-state index in [2.05, 4.69) is 63.4 Å². The maximum Gasteiger partial charge on any atom is 0.0702 e. The highest BCUT2D eigenvalue weighted by molar-refractivity contribution is 9.10. The molecule has 2 heteroatoms. The summed E-state index contributed by atoms with van der Waals surface area (Å²) >= 11 is 3.41. The third-order valence-electron chi connectivity index (χ3n) is 3.29. The molecule has 0 aliphatic heterocycles. The van der Waals surface area contributed by atoms with Crippen LogP contribution in [0.1, 0.15) is 18.4 Å². The third-order valence-corrected chi connectivity index (χ3v) is 3.76. The van der Waals surface area contributed by atoms with Gasteiger partial charge in [-0.3, -0.25) is 4.98 Å². The van der Waals surface area contributed by atoms with Gasteiger partial charge >= 0.3 is 0 Å². The summed E-state index contributed by atoms with van der Waals surface area (Å²) in [6, 6.07) is 12.7. The molecule has 1 nitrogen and oxygen atoms in total. The van der Waals surface area contributed by atoms with Crippen LogP contribution in [0.5, 0.6) is 0 Å². The highest BCUT2D eigenvalue weighted by atomic mass is 79.9. The Morgan fingerprint density at radius 1 is 0.947 bits per heavy atom. The number of aromatic nitrogens is 1. The Kier molecular flexibility index (Phi) is 3.60. The monoisotopic (exact) mass is 311 g/mol. The van der Waals surface area contributed by atoms with Crippen molar-refractivity contribution in [2.24, 2.45) is 0 Å². The van der Waals surface area contributed by atoms with E-state index in [4.69, 9.17) is 0 Å². The lowest BCUT2D eigenvalue weighted by Crippen LogP contribution is -1.89. The second kappa shape index (κ2) is 5.54. The van der Waals surface area contributed by atoms with Gasteiger partial charge in [0.25, 0.3) is 0 Å². The van der Waals surface area contributed by atoms with Gasteiger partial charge in [-0.1, -0.05) is 42.5 Å². The Hall–Kier alpha value is -1.67. The molecule has 0 saturated heterocycles. The van der Waals surface area contributed by atoms with Crippen molar-refractivity contribution in [3.8, 4) is 11.3 Å². The molecule has 1 aromatic heterocycles. The van der Waals surface area contributed by atoms with Crippen molar-refractivity contribution >= 4 is 21.5 Å². The lowest BCUT2D eigenvalue weighted by atomic mass is 9.96. The molecule has 1 aliphatic rings. The van der Waals surface area contributed by atoms with Crippen LogP contribution in [0.3, 0.4) is 0 Å². The van der Waals surface area contributed by atoms with Crippen molar-refractivity contribution in [2.75, 3.05) is 0 Å². The van der Waals surface area contributed by atoms with Gasteiger partial charge < -0.3 is 0 Å². The minimum atomic E-state index is 1.01. The summed E-state index contributed by atoms with van der Waals surface area (Å²) in [5, 5.41) is 0. The van der Waals surface area contributed by atoms with Gasteiger partial charge in [0, 0.05) is 16.2 Å². The predicted octanol–water partition coefficient (Wildman–Crippen LogP) is 5.24. The lowest BCUT2D eigenvalue weighted by molar-refractivity contribution is 1.05. The molecule has 1 aromatic carbocycles. The molecule has 0 bridgehead atoms. The topological polar surface area (TPSA) is 12.9 Å². The average Bonchev–Trinajstić information content (AvgIpc) is 2.49. The average molecular weight is 312 g/mol. The quantitative estimate of drug-likeness (QED) is 0.738. The normalized spacial score (nSPS) is 14.3. The molecule has 2 aromatic rings. The molecule has 19 heavy (non-hydrogen) atoms. The first-order chi connectivity index (χ1) is 9.33. The summed E-state index contributed by atoms with van der Waals surface area (Å²) in [6.45, 7) is 0. The van der Waals surface area contributed by atoms with Crippen LogP contribution in [0.25, 0.3) is 16.8 Å².